The lowest BCUT2D eigenvalue weighted by Crippen LogP contribution is -2.44. The number of rotatable bonds is 5. The number of nitro groups is 1. The van der Waals surface area contributed by atoms with Crippen molar-refractivity contribution in [2.75, 3.05) is 13.1 Å². The summed E-state index contributed by atoms with van der Waals surface area (Å²) in [5, 5.41) is 11.5. The van der Waals surface area contributed by atoms with Crippen molar-refractivity contribution in [3.63, 3.8) is 0 Å². The number of pyridine rings is 1. The molecule has 1 saturated heterocycles. The molecule has 1 aromatic heterocycles. The van der Waals surface area contributed by atoms with Crippen molar-refractivity contribution >= 4 is 29.1 Å². The number of nitrogens with zero attached hydrogens (tertiary/aromatic N) is 3. The maximum atomic E-state index is 12.9. The van der Waals surface area contributed by atoms with Crippen molar-refractivity contribution in [2.24, 2.45) is 5.73 Å². The molecule has 0 saturated carbocycles. The van der Waals surface area contributed by atoms with Crippen LogP contribution in [0.25, 0.3) is 0 Å². The highest BCUT2D eigenvalue weighted by atomic mass is 35.5. The number of primary amides is 1. The third-order valence-corrected chi connectivity index (χ3v) is 4.57. The van der Waals surface area contributed by atoms with Gasteiger partial charge in [-0.05, 0) is 31.0 Å². The largest absolute Gasteiger partial charge is 0.488 e. The Hall–Kier alpha value is -3.20. The van der Waals surface area contributed by atoms with Crippen LogP contribution in [0.15, 0.2) is 36.5 Å². The molecule has 2 heterocycles. The van der Waals surface area contributed by atoms with Gasteiger partial charge in [0.05, 0.1) is 11.5 Å². The second kappa shape index (κ2) is 8.22. The predicted molar refractivity (Wildman–Crippen MR) is 100 cm³/mol. The molecule has 0 bridgehead atoms. The molecule has 1 aromatic carbocycles. The lowest BCUT2D eigenvalue weighted by Gasteiger charge is -2.33. The van der Waals surface area contributed by atoms with Crippen LogP contribution in [-0.4, -0.2) is 45.8 Å². The van der Waals surface area contributed by atoms with Crippen LogP contribution >= 0.6 is 11.6 Å². The molecule has 0 spiro atoms. The van der Waals surface area contributed by atoms with E-state index in [1.807, 2.05) is 0 Å². The summed E-state index contributed by atoms with van der Waals surface area (Å²) < 4.78 is 5.86. The Balaban J connectivity index is 1.76. The smallest absolute Gasteiger partial charge is 0.282 e. The van der Waals surface area contributed by atoms with Gasteiger partial charge in [0.1, 0.15) is 23.1 Å². The van der Waals surface area contributed by atoms with Gasteiger partial charge in [-0.2, -0.15) is 0 Å². The summed E-state index contributed by atoms with van der Waals surface area (Å²) in [6.45, 7) is 0.696. The molecule has 3 rings (SSSR count). The standard InChI is InChI=1S/C18H17ClN4O5/c19-11-3-4-16(23(26)27)14(8-11)18(25)22-7-1-2-13(10-22)28-12-5-6-21-15(9-12)17(20)24/h3-6,8-9,13H,1-2,7,10H2,(H2,20,24). The zero-order valence-electron chi connectivity index (χ0n) is 14.7. The summed E-state index contributed by atoms with van der Waals surface area (Å²) in [5.74, 6) is -0.731. The number of carbonyl (C=O) groups is 2. The zero-order valence-corrected chi connectivity index (χ0v) is 15.5. The van der Waals surface area contributed by atoms with Gasteiger partial charge in [-0.1, -0.05) is 11.6 Å². The van der Waals surface area contributed by atoms with Gasteiger partial charge >= 0.3 is 0 Å². The number of nitrogens with two attached hydrogens (primary N) is 1. The second-order valence-corrected chi connectivity index (χ2v) is 6.73. The lowest BCUT2D eigenvalue weighted by molar-refractivity contribution is -0.385. The van der Waals surface area contributed by atoms with Crippen molar-refractivity contribution in [1.82, 2.24) is 9.88 Å². The van der Waals surface area contributed by atoms with Crippen LogP contribution in [0.5, 0.6) is 5.75 Å². The number of amides is 2. The maximum absolute atomic E-state index is 12.9. The topological polar surface area (TPSA) is 129 Å². The molecule has 1 fully saturated rings. The molecule has 9 nitrogen and oxygen atoms in total. The van der Waals surface area contributed by atoms with E-state index in [9.17, 15) is 19.7 Å². The van der Waals surface area contributed by atoms with E-state index in [2.05, 4.69) is 4.98 Å². The number of benzene rings is 1. The normalized spacial score (nSPS) is 16.5. The Kier molecular flexibility index (Phi) is 5.74. The summed E-state index contributed by atoms with van der Waals surface area (Å²) in [5.41, 5.74) is 4.95. The fourth-order valence-corrected chi connectivity index (χ4v) is 3.21. The number of ether oxygens (including phenoxy) is 1. The molecule has 0 aliphatic carbocycles. The number of carbonyl (C=O) groups excluding carboxylic acids is 2. The molecule has 1 aliphatic rings. The van der Waals surface area contributed by atoms with E-state index in [1.165, 1.54) is 35.4 Å². The zero-order chi connectivity index (χ0) is 20.3. The van der Waals surface area contributed by atoms with Crippen molar-refractivity contribution in [1.29, 1.82) is 0 Å². The Morgan fingerprint density at radius 3 is 2.82 bits per heavy atom. The molecule has 28 heavy (non-hydrogen) atoms. The average molecular weight is 405 g/mol. The fraction of sp³-hybridized carbons (Fsp3) is 0.278. The number of piperidine rings is 1. The van der Waals surface area contributed by atoms with Crippen LogP contribution in [-0.2, 0) is 0 Å². The van der Waals surface area contributed by atoms with Gasteiger partial charge in [0.15, 0.2) is 0 Å². The van der Waals surface area contributed by atoms with Crippen LogP contribution in [0, 0.1) is 10.1 Å². The second-order valence-electron chi connectivity index (χ2n) is 6.29. The van der Waals surface area contributed by atoms with E-state index in [-0.39, 0.29) is 34.6 Å². The number of hydrogen-bond donors (Lipinski definition) is 1. The minimum Gasteiger partial charge on any atom is -0.488 e. The van der Waals surface area contributed by atoms with Crippen molar-refractivity contribution in [2.45, 2.75) is 18.9 Å². The maximum Gasteiger partial charge on any atom is 0.282 e. The summed E-state index contributed by atoms with van der Waals surface area (Å²) in [4.78, 5) is 40.1. The molecule has 1 atom stereocenters. The Labute approximate surface area is 165 Å². The summed E-state index contributed by atoms with van der Waals surface area (Å²) >= 11 is 5.92. The Bertz CT molecular complexity index is 936. The Morgan fingerprint density at radius 2 is 2.11 bits per heavy atom. The summed E-state index contributed by atoms with van der Waals surface area (Å²) in [6, 6.07) is 6.92. The monoisotopic (exact) mass is 404 g/mol. The highest BCUT2D eigenvalue weighted by molar-refractivity contribution is 6.31. The molecule has 2 aromatic rings. The highest BCUT2D eigenvalue weighted by Gasteiger charge is 2.30. The highest BCUT2D eigenvalue weighted by Crippen LogP contribution is 2.26. The van der Waals surface area contributed by atoms with E-state index in [1.54, 1.807) is 6.07 Å². The summed E-state index contributed by atoms with van der Waals surface area (Å²) in [7, 11) is 0. The Morgan fingerprint density at radius 1 is 1.32 bits per heavy atom. The van der Waals surface area contributed by atoms with Crippen LogP contribution in [0.1, 0.15) is 33.7 Å². The van der Waals surface area contributed by atoms with Gasteiger partial charge in [-0.15, -0.1) is 0 Å². The number of hydrogen-bond acceptors (Lipinski definition) is 6. The first kappa shape index (κ1) is 19.6. The van der Waals surface area contributed by atoms with Crippen molar-refractivity contribution in [3.05, 3.63) is 62.9 Å². The van der Waals surface area contributed by atoms with Gasteiger partial charge in [0.2, 0.25) is 0 Å². The SMILES string of the molecule is NC(=O)c1cc(OC2CCCN(C(=O)c3cc(Cl)ccc3[N+](=O)[O-])C2)ccn1. The van der Waals surface area contributed by atoms with Crippen LogP contribution in [0.2, 0.25) is 5.02 Å². The molecule has 1 aliphatic heterocycles. The first-order chi connectivity index (χ1) is 13.3. The molecule has 10 heteroatoms. The number of nitro benzene ring substituents is 1. The van der Waals surface area contributed by atoms with E-state index in [4.69, 9.17) is 22.1 Å². The average Bonchev–Trinajstić information content (AvgIpc) is 2.67. The third kappa shape index (κ3) is 4.37. The van der Waals surface area contributed by atoms with E-state index >= 15 is 0 Å². The number of likely N-dealkylation sites (tertiary alicyclic amines) is 1. The lowest BCUT2D eigenvalue weighted by atomic mass is 10.1. The quantitative estimate of drug-likeness (QED) is 0.601. The van der Waals surface area contributed by atoms with E-state index in [0.29, 0.717) is 25.1 Å². The van der Waals surface area contributed by atoms with Crippen LogP contribution in [0.3, 0.4) is 0 Å². The summed E-state index contributed by atoms with van der Waals surface area (Å²) in [6.07, 6.45) is 2.43. The number of aromatic nitrogens is 1. The van der Waals surface area contributed by atoms with Crippen LogP contribution in [0.4, 0.5) is 5.69 Å². The van der Waals surface area contributed by atoms with E-state index in [0.717, 1.165) is 0 Å². The van der Waals surface area contributed by atoms with Gasteiger partial charge in [-0.25, -0.2) is 0 Å². The van der Waals surface area contributed by atoms with Gasteiger partial charge < -0.3 is 15.4 Å². The first-order valence-corrected chi connectivity index (χ1v) is 8.88. The van der Waals surface area contributed by atoms with Crippen LogP contribution < -0.4 is 10.5 Å². The molecule has 2 amide bonds. The van der Waals surface area contributed by atoms with Gasteiger partial charge in [-0.3, -0.25) is 24.7 Å². The molecular formula is C18H17ClN4O5. The molecule has 1 unspecified atom stereocenters. The first-order valence-electron chi connectivity index (χ1n) is 8.51. The van der Waals surface area contributed by atoms with Gasteiger partial charge in [0, 0.05) is 29.9 Å². The minimum atomic E-state index is -0.667. The number of halogens is 1. The molecule has 0 radical (unpaired) electrons. The molecular weight excluding hydrogens is 388 g/mol. The van der Waals surface area contributed by atoms with Gasteiger partial charge in [0.25, 0.3) is 17.5 Å². The van der Waals surface area contributed by atoms with Crippen molar-refractivity contribution < 1.29 is 19.2 Å². The molecule has 2 N–H and O–H groups in total. The molecule has 146 valence electrons. The van der Waals surface area contributed by atoms with E-state index < -0.39 is 16.7 Å². The van der Waals surface area contributed by atoms with Crippen molar-refractivity contribution in [3.8, 4) is 5.75 Å². The fourth-order valence-electron chi connectivity index (χ4n) is 3.04. The third-order valence-electron chi connectivity index (χ3n) is 4.34. The minimum absolute atomic E-state index is 0.0573. The predicted octanol–water partition coefficient (Wildman–Crippen LogP) is 2.43.